The fraction of sp³-hybridized carbons (Fsp3) is 0.129. The highest BCUT2D eigenvalue weighted by atomic mass is 16.6. The van der Waals surface area contributed by atoms with Crippen LogP contribution in [0, 0.1) is 20.2 Å². The van der Waals surface area contributed by atoms with E-state index in [1.165, 1.54) is 0 Å². The summed E-state index contributed by atoms with van der Waals surface area (Å²) < 4.78 is 4.34. The van der Waals surface area contributed by atoms with E-state index in [4.69, 9.17) is 0 Å². The number of allylic oxidation sites excluding steroid dienone is 4. The van der Waals surface area contributed by atoms with Crippen molar-refractivity contribution in [3.63, 3.8) is 0 Å². The molecule has 0 bridgehead atoms. The van der Waals surface area contributed by atoms with Gasteiger partial charge in [0, 0.05) is 46.9 Å². The normalized spacial score (nSPS) is 13.8. The molecule has 1 aliphatic rings. The van der Waals surface area contributed by atoms with Crippen molar-refractivity contribution in [2.75, 3.05) is 6.54 Å². The molecule has 8 nitrogen and oxygen atoms in total. The van der Waals surface area contributed by atoms with E-state index in [1.54, 1.807) is 24.3 Å². The summed E-state index contributed by atoms with van der Waals surface area (Å²) in [5, 5.41) is 28.3. The zero-order chi connectivity index (χ0) is 27.3. The van der Waals surface area contributed by atoms with Crippen LogP contribution in [0.2, 0.25) is 0 Å². The fourth-order valence-electron chi connectivity index (χ4n) is 5.89. The molecule has 4 aromatic carbocycles. The number of nitro benzene ring substituents is 2. The zero-order valence-corrected chi connectivity index (χ0v) is 21.5. The van der Waals surface area contributed by atoms with Gasteiger partial charge < -0.3 is 4.57 Å². The summed E-state index contributed by atoms with van der Waals surface area (Å²) in [4.78, 5) is 22.5. The van der Waals surface area contributed by atoms with Crippen molar-refractivity contribution in [2.24, 2.45) is 0 Å². The Morgan fingerprint density at radius 2 is 1.46 bits per heavy atom. The summed E-state index contributed by atoms with van der Waals surface area (Å²) >= 11 is 0. The second-order valence-electron chi connectivity index (χ2n) is 9.35. The fourth-order valence-corrected chi connectivity index (χ4v) is 5.89. The molecule has 5 aromatic rings. The Kier molecular flexibility index (Phi) is 5.80. The summed E-state index contributed by atoms with van der Waals surface area (Å²) in [5.74, 6) is 0. The number of aromatic nitrogens is 1. The van der Waals surface area contributed by atoms with Gasteiger partial charge in [-0.05, 0) is 44.2 Å². The maximum Gasteiger partial charge on any atom is 0.277 e. The molecule has 0 amide bonds. The lowest BCUT2D eigenvalue weighted by Crippen LogP contribution is -2.14. The standard InChI is InChI=1S/C31H25N4O4/c1-3-32-24(20-10-8-12-22-26(34(36)37)16-18-28(32)30(20)22)14-6-5-7-15-25-21-11-9-13-23-27(35(38)39)17-19-29(31(21)23)33(25)4-2/h5-19H,3-4H2,1-2H3/q+1. The molecule has 8 heteroatoms. The number of benzene rings is 4. The van der Waals surface area contributed by atoms with E-state index in [2.05, 4.69) is 23.0 Å². The highest BCUT2D eigenvalue weighted by Crippen LogP contribution is 2.39. The lowest BCUT2D eigenvalue weighted by atomic mass is 10.0. The number of nitrogens with zero attached hydrogens (tertiary/aromatic N) is 4. The Hall–Kier alpha value is -5.11. The maximum absolute atomic E-state index is 11.6. The van der Waals surface area contributed by atoms with Gasteiger partial charge in [0.2, 0.25) is 11.4 Å². The predicted molar refractivity (Wildman–Crippen MR) is 155 cm³/mol. The van der Waals surface area contributed by atoms with Gasteiger partial charge in [-0.2, -0.15) is 4.58 Å². The van der Waals surface area contributed by atoms with E-state index in [9.17, 15) is 20.2 Å². The first-order valence-electron chi connectivity index (χ1n) is 12.8. The molecule has 1 aliphatic heterocycles. The molecule has 2 heterocycles. The summed E-state index contributed by atoms with van der Waals surface area (Å²) in [5.41, 5.74) is 4.15. The Balaban J connectivity index is 1.41. The largest absolute Gasteiger partial charge is 0.341 e. The number of nitro groups is 2. The third kappa shape index (κ3) is 3.64. The number of rotatable bonds is 7. The van der Waals surface area contributed by atoms with Crippen LogP contribution < -0.4 is 5.35 Å². The Labute approximate surface area is 223 Å². The van der Waals surface area contributed by atoms with Gasteiger partial charge in [0.05, 0.1) is 37.1 Å². The number of aryl methyl sites for hydroxylation is 1. The Morgan fingerprint density at radius 3 is 2.15 bits per heavy atom. The summed E-state index contributed by atoms with van der Waals surface area (Å²) in [6.07, 6.45) is 9.96. The molecule has 0 spiro atoms. The van der Waals surface area contributed by atoms with Gasteiger partial charge in [-0.15, -0.1) is 0 Å². The van der Waals surface area contributed by atoms with Crippen LogP contribution in [0.15, 0.2) is 85.0 Å². The topological polar surface area (TPSA) is 94.2 Å². The van der Waals surface area contributed by atoms with Crippen LogP contribution in [0.4, 0.5) is 17.1 Å². The van der Waals surface area contributed by atoms with Crippen LogP contribution in [-0.4, -0.2) is 31.2 Å². The molecule has 192 valence electrons. The Bertz CT molecular complexity index is 2000. The number of non-ortho nitro benzene ring substituents is 2. The Morgan fingerprint density at radius 1 is 0.795 bits per heavy atom. The molecule has 0 fully saturated rings. The first-order valence-corrected chi connectivity index (χ1v) is 12.8. The molecule has 0 radical (unpaired) electrons. The molecular weight excluding hydrogens is 492 g/mol. The first-order chi connectivity index (χ1) is 19.0. The smallest absolute Gasteiger partial charge is 0.277 e. The van der Waals surface area contributed by atoms with Crippen LogP contribution >= 0.6 is 0 Å². The van der Waals surface area contributed by atoms with E-state index >= 15 is 0 Å². The minimum absolute atomic E-state index is 0.113. The highest BCUT2D eigenvalue weighted by molar-refractivity contribution is 6.21. The lowest BCUT2D eigenvalue weighted by Gasteiger charge is -2.02. The third-order valence-electron chi connectivity index (χ3n) is 7.46. The van der Waals surface area contributed by atoms with Crippen molar-refractivity contribution in [1.82, 2.24) is 4.57 Å². The van der Waals surface area contributed by atoms with E-state index in [0.717, 1.165) is 57.1 Å². The van der Waals surface area contributed by atoms with Gasteiger partial charge in [0.25, 0.3) is 11.4 Å². The molecule has 0 saturated heterocycles. The van der Waals surface area contributed by atoms with Crippen molar-refractivity contribution >= 4 is 61.3 Å². The SMILES string of the molecule is CCn1\c(=C/C=C/C=C/C2=[N+](CC)c3ccc([N+](=O)[O-])c4cccc2c34)c2cccc3c([N+](=O)[O-])ccc1c32. The molecule has 0 N–H and O–H groups in total. The minimum Gasteiger partial charge on any atom is -0.341 e. The van der Waals surface area contributed by atoms with Crippen LogP contribution in [0.25, 0.3) is 38.5 Å². The quantitative estimate of drug-likeness (QED) is 0.106. The van der Waals surface area contributed by atoms with Gasteiger partial charge in [0.1, 0.15) is 6.54 Å². The van der Waals surface area contributed by atoms with Crippen molar-refractivity contribution in [3.05, 3.63) is 116 Å². The molecule has 0 unspecified atom stereocenters. The van der Waals surface area contributed by atoms with Gasteiger partial charge in [-0.3, -0.25) is 20.2 Å². The zero-order valence-electron chi connectivity index (χ0n) is 21.5. The van der Waals surface area contributed by atoms with Crippen molar-refractivity contribution in [1.29, 1.82) is 0 Å². The minimum atomic E-state index is -0.331. The van der Waals surface area contributed by atoms with Gasteiger partial charge >= 0.3 is 0 Å². The molecule has 0 saturated carbocycles. The van der Waals surface area contributed by atoms with Crippen molar-refractivity contribution in [2.45, 2.75) is 20.4 Å². The number of hydrogen-bond acceptors (Lipinski definition) is 4. The molecule has 0 atom stereocenters. The summed E-state index contributed by atoms with van der Waals surface area (Å²) in [6, 6.07) is 18.2. The van der Waals surface area contributed by atoms with Gasteiger partial charge in [-0.1, -0.05) is 36.4 Å². The molecule has 0 aliphatic carbocycles. The monoisotopic (exact) mass is 517 g/mol. The number of hydrogen-bond donors (Lipinski definition) is 0. The van der Waals surface area contributed by atoms with Gasteiger partial charge in [0.15, 0.2) is 0 Å². The van der Waals surface area contributed by atoms with Gasteiger partial charge in [-0.25, -0.2) is 0 Å². The highest BCUT2D eigenvalue weighted by Gasteiger charge is 2.32. The second kappa shape index (κ2) is 9.33. The third-order valence-corrected chi connectivity index (χ3v) is 7.46. The average Bonchev–Trinajstić information content (AvgIpc) is 3.42. The predicted octanol–water partition coefficient (Wildman–Crippen LogP) is 6.56. The molecule has 39 heavy (non-hydrogen) atoms. The lowest BCUT2D eigenvalue weighted by molar-refractivity contribution is -0.431. The molecular formula is C31H25N4O4+. The summed E-state index contributed by atoms with van der Waals surface area (Å²) in [6.45, 7) is 5.59. The summed E-state index contributed by atoms with van der Waals surface area (Å²) in [7, 11) is 0. The second-order valence-corrected chi connectivity index (χ2v) is 9.35. The molecule has 6 rings (SSSR count). The van der Waals surface area contributed by atoms with Crippen molar-refractivity contribution in [3.8, 4) is 0 Å². The maximum atomic E-state index is 11.6. The van der Waals surface area contributed by atoms with E-state index in [1.807, 2.05) is 66.8 Å². The van der Waals surface area contributed by atoms with Crippen LogP contribution in [0.5, 0.6) is 0 Å². The van der Waals surface area contributed by atoms with E-state index in [-0.39, 0.29) is 21.2 Å². The van der Waals surface area contributed by atoms with Crippen LogP contribution in [-0.2, 0) is 6.54 Å². The van der Waals surface area contributed by atoms with Crippen LogP contribution in [0.1, 0.15) is 19.4 Å². The first kappa shape index (κ1) is 24.2. The van der Waals surface area contributed by atoms with Crippen molar-refractivity contribution < 1.29 is 14.4 Å². The van der Waals surface area contributed by atoms with E-state index < -0.39 is 0 Å². The average molecular weight is 518 g/mol. The van der Waals surface area contributed by atoms with E-state index in [0.29, 0.717) is 10.8 Å². The molecule has 1 aromatic heterocycles. The van der Waals surface area contributed by atoms with Crippen LogP contribution in [0.3, 0.4) is 0 Å².